The Balaban J connectivity index is 1.40. The summed E-state index contributed by atoms with van der Waals surface area (Å²) in [4.78, 5) is 22.3. The standard InChI is InChI=1S/C14H21N6O6P/c1-19(3-8-4-24-8)27(22,23)25-5-10-9(21)2-11(26-10)20-7-18-12-13(15)16-6-17-14(12)20/h6-11,21H,2-5H2,1H3,(H,22,23)(H2,15,16,17)/t8?,9-,10+,11+/m0/s1. The fourth-order valence-electron chi connectivity index (χ4n) is 2.96. The van der Waals surface area contributed by atoms with Crippen molar-refractivity contribution in [3.63, 3.8) is 0 Å². The molecule has 0 bridgehead atoms. The number of ether oxygens (including phenoxy) is 2. The predicted molar refractivity (Wildman–Crippen MR) is 92.4 cm³/mol. The Morgan fingerprint density at radius 2 is 2.26 bits per heavy atom. The Labute approximate surface area is 154 Å². The van der Waals surface area contributed by atoms with Gasteiger partial charge in [-0.1, -0.05) is 0 Å². The zero-order valence-electron chi connectivity index (χ0n) is 14.6. The number of fused-ring (bicyclic) bond motifs is 1. The van der Waals surface area contributed by atoms with Crippen molar-refractivity contribution in [2.75, 3.05) is 32.5 Å². The first-order valence-corrected chi connectivity index (χ1v) is 9.95. The summed E-state index contributed by atoms with van der Waals surface area (Å²) in [7, 11) is -2.51. The van der Waals surface area contributed by atoms with Crippen molar-refractivity contribution in [1.82, 2.24) is 24.2 Å². The van der Waals surface area contributed by atoms with Crippen molar-refractivity contribution in [2.24, 2.45) is 0 Å². The second kappa shape index (κ2) is 7.06. The van der Waals surface area contributed by atoms with E-state index in [4.69, 9.17) is 19.7 Å². The van der Waals surface area contributed by atoms with Gasteiger partial charge in [0.05, 0.1) is 31.7 Å². The number of hydrogen-bond acceptors (Lipinski definition) is 9. The maximum absolute atomic E-state index is 12.3. The molecule has 13 heteroatoms. The summed E-state index contributed by atoms with van der Waals surface area (Å²) in [6, 6.07) is 0. The van der Waals surface area contributed by atoms with Gasteiger partial charge < -0.3 is 25.2 Å². The summed E-state index contributed by atoms with van der Waals surface area (Å²) in [5.74, 6) is 0.251. The fourth-order valence-corrected chi connectivity index (χ4v) is 3.88. The molecule has 4 heterocycles. The highest BCUT2D eigenvalue weighted by Crippen LogP contribution is 2.46. The minimum absolute atomic E-state index is 0.0410. The van der Waals surface area contributed by atoms with Crippen LogP contribution >= 0.6 is 7.75 Å². The lowest BCUT2D eigenvalue weighted by Crippen LogP contribution is -2.28. The first-order chi connectivity index (χ1) is 12.8. The van der Waals surface area contributed by atoms with Gasteiger partial charge in [-0.2, -0.15) is 0 Å². The van der Waals surface area contributed by atoms with Crippen LogP contribution in [-0.2, 0) is 18.6 Å². The number of imidazole rings is 1. The molecule has 5 atom stereocenters. The number of nitrogens with zero attached hydrogens (tertiary/aromatic N) is 5. The number of aliphatic hydroxyl groups is 1. The quantitative estimate of drug-likeness (QED) is 0.406. The number of hydrogen-bond donors (Lipinski definition) is 3. The number of aromatic nitrogens is 4. The third-order valence-corrected chi connectivity index (χ3v) is 6.12. The van der Waals surface area contributed by atoms with Crippen molar-refractivity contribution in [3.05, 3.63) is 12.7 Å². The van der Waals surface area contributed by atoms with Crippen molar-refractivity contribution >= 4 is 24.7 Å². The maximum atomic E-state index is 12.3. The van der Waals surface area contributed by atoms with Crippen LogP contribution in [-0.4, -0.2) is 79.3 Å². The van der Waals surface area contributed by atoms with Gasteiger partial charge in [-0.3, -0.25) is 9.09 Å². The summed E-state index contributed by atoms with van der Waals surface area (Å²) in [5, 5.41) is 10.3. The molecule has 4 N–H and O–H groups in total. The number of nitrogens with two attached hydrogens (primary N) is 1. The van der Waals surface area contributed by atoms with Gasteiger partial charge in [0.25, 0.3) is 0 Å². The molecule has 0 spiro atoms. The van der Waals surface area contributed by atoms with Crippen LogP contribution in [0.15, 0.2) is 12.7 Å². The molecule has 2 aliphatic rings. The molecule has 2 saturated heterocycles. The van der Waals surface area contributed by atoms with E-state index in [-0.39, 0.29) is 24.9 Å². The smallest absolute Gasteiger partial charge is 0.390 e. The Kier molecular flexibility index (Phi) is 4.89. The van der Waals surface area contributed by atoms with E-state index >= 15 is 0 Å². The molecule has 2 aromatic rings. The van der Waals surface area contributed by atoms with Crippen LogP contribution in [0.1, 0.15) is 12.6 Å². The van der Waals surface area contributed by atoms with Crippen LogP contribution in [0.2, 0.25) is 0 Å². The molecular formula is C14H21N6O6P. The SMILES string of the molecule is CN(CC1CO1)P(=O)(O)OC[C@H]1O[C@@H](n2cnc3c(N)ncnc32)C[C@@H]1O. The van der Waals surface area contributed by atoms with Gasteiger partial charge in [0.1, 0.15) is 24.2 Å². The van der Waals surface area contributed by atoms with E-state index in [2.05, 4.69) is 15.0 Å². The molecule has 2 aliphatic heterocycles. The van der Waals surface area contributed by atoms with Gasteiger partial charge in [-0.25, -0.2) is 24.2 Å². The van der Waals surface area contributed by atoms with E-state index in [1.165, 1.54) is 24.4 Å². The van der Waals surface area contributed by atoms with Crippen LogP contribution in [0.25, 0.3) is 11.2 Å². The number of epoxide rings is 1. The molecule has 148 valence electrons. The van der Waals surface area contributed by atoms with E-state index in [0.29, 0.717) is 24.3 Å². The highest BCUT2D eigenvalue weighted by molar-refractivity contribution is 7.50. The largest absolute Gasteiger partial charge is 0.405 e. The van der Waals surface area contributed by atoms with Gasteiger partial charge in [-0.15, -0.1) is 0 Å². The van der Waals surface area contributed by atoms with E-state index in [0.717, 1.165) is 0 Å². The Bertz CT molecular complexity index is 875. The van der Waals surface area contributed by atoms with E-state index in [1.54, 1.807) is 4.57 Å². The molecule has 0 aromatic carbocycles. The number of anilines is 1. The molecular weight excluding hydrogens is 379 g/mol. The maximum Gasteiger partial charge on any atom is 0.405 e. The molecule has 0 saturated carbocycles. The average Bonchev–Trinajstić information content (AvgIpc) is 3.20. The average molecular weight is 400 g/mol. The second-order valence-corrected chi connectivity index (χ2v) is 8.52. The van der Waals surface area contributed by atoms with E-state index in [9.17, 15) is 14.6 Å². The van der Waals surface area contributed by atoms with E-state index < -0.39 is 26.2 Å². The fraction of sp³-hybridized carbons (Fsp3) is 0.643. The van der Waals surface area contributed by atoms with Crippen molar-refractivity contribution in [3.8, 4) is 0 Å². The van der Waals surface area contributed by atoms with Crippen LogP contribution in [0.3, 0.4) is 0 Å². The topological polar surface area (TPSA) is 161 Å². The van der Waals surface area contributed by atoms with Gasteiger partial charge in [0.15, 0.2) is 11.5 Å². The first kappa shape index (κ1) is 18.7. The molecule has 2 fully saturated rings. The zero-order chi connectivity index (χ0) is 19.2. The highest BCUT2D eigenvalue weighted by Gasteiger charge is 2.39. The number of nitrogen functional groups attached to an aromatic ring is 1. The lowest BCUT2D eigenvalue weighted by molar-refractivity contribution is -0.0414. The molecule has 12 nitrogen and oxygen atoms in total. The van der Waals surface area contributed by atoms with Crippen molar-refractivity contribution in [2.45, 2.75) is 31.0 Å². The number of rotatable bonds is 7. The molecule has 4 rings (SSSR count). The van der Waals surface area contributed by atoms with Gasteiger partial charge in [0.2, 0.25) is 0 Å². The Hall–Kier alpha value is -1.66. The monoisotopic (exact) mass is 400 g/mol. The third-order valence-electron chi connectivity index (χ3n) is 4.61. The summed E-state index contributed by atoms with van der Waals surface area (Å²) < 4.78 is 31.2. The van der Waals surface area contributed by atoms with E-state index in [1.807, 2.05) is 0 Å². The summed E-state index contributed by atoms with van der Waals surface area (Å²) in [5.41, 5.74) is 6.70. The third kappa shape index (κ3) is 3.83. The second-order valence-electron chi connectivity index (χ2n) is 6.60. The van der Waals surface area contributed by atoms with Crippen LogP contribution in [0, 0.1) is 0 Å². The molecule has 2 unspecified atom stereocenters. The van der Waals surface area contributed by atoms with Gasteiger partial charge in [-0.05, 0) is 7.05 Å². The summed E-state index contributed by atoms with van der Waals surface area (Å²) in [6.07, 6.45) is 0.857. The minimum Gasteiger partial charge on any atom is -0.390 e. The number of likely N-dealkylation sites (N-methyl/N-ethyl adjacent to an activating group) is 1. The molecule has 2 aromatic heterocycles. The van der Waals surface area contributed by atoms with Crippen LogP contribution in [0.5, 0.6) is 0 Å². The normalized spacial score (nSPS) is 30.1. The highest BCUT2D eigenvalue weighted by atomic mass is 31.2. The molecule has 0 aliphatic carbocycles. The summed E-state index contributed by atoms with van der Waals surface area (Å²) in [6.45, 7) is 0.640. The predicted octanol–water partition coefficient (Wildman–Crippen LogP) is -0.495. The Morgan fingerprint density at radius 1 is 1.48 bits per heavy atom. The van der Waals surface area contributed by atoms with Crippen LogP contribution < -0.4 is 5.73 Å². The first-order valence-electron chi connectivity index (χ1n) is 8.42. The van der Waals surface area contributed by atoms with Crippen LogP contribution in [0.4, 0.5) is 5.82 Å². The molecule has 27 heavy (non-hydrogen) atoms. The van der Waals surface area contributed by atoms with Gasteiger partial charge >= 0.3 is 7.75 Å². The zero-order valence-corrected chi connectivity index (χ0v) is 15.5. The molecule has 0 radical (unpaired) electrons. The lowest BCUT2D eigenvalue weighted by Gasteiger charge is -2.23. The minimum atomic E-state index is -4.00. The molecule has 0 amide bonds. The summed E-state index contributed by atoms with van der Waals surface area (Å²) >= 11 is 0. The lowest BCUT2D eigenvalue weighted by atomic mass is 10.2. The number of aliphatic hydroxyl groups excluding tert-OH is 1. The van der Waals surface area contributed by atoms with Crippen molar-refractivity contribution in [1.29, 1.82) is 0 Å². The van der Waals surface area contributed by atoms with Crippen molar-refractivity contribution < 1.29 is 28.6 Å². The van der Waals surface area contributed by atoms with Gasteiger partial charge in [0, 0.05) is 13.0 Å². The Morgan fingerprint density at radius 3 is 3.00 bits per heavy atom.